The van der Waals surface area contributed by atoms with Crippen molar-refractivity contribution in [1.29, 1.82) is 0 Å². The molecule has 0 unspecified atom stereocenters. The molecule has 0 fully saturated rings. The summed E-state index contributed by atoms with van der Waals surface area (Å²) >= 11 is 5.91. The predicted molar refractivity (Wildman–Crippen MR) is 73.0 cm³/mol. The van der Waals surface area contributed by atoms with Crippen molar-refractivity contribution in [2.75, 3.05) is 6.54 Å². The summed E-state index contributed by atoms with van der Waals surface area (Å²) in [5, 5.41) is 0.308. The number of hydrogen-bond donors (Lipinski definition) is 3. The average molecular weight is 306 g/mol. The molecule has 19 heavy (non-hydrogen) atoms. The fourth-order valence-electron chi connectivity index (χ4n) is 1.41. The Morgan fingerprint density at radius 3 is 2.58 bits per heavy atom. The molecule has 0 radical (unpaired) electrons. The Hall–Kier alpha value is -1.15. The summed E-state index contributed by atoms with van der Waals surface area (Å²) in [6, 6.07) is 4.35. The number of rotatable bonds is 7. The number of benzene rings is 1. The van der Waals surface area contributed by atoms with Crippen LogP contribution in [0, 0.1) is 0 Å². The first-order valence-electron chi connectivity index (χ1n) is 5.63. The summed E-state index contributed by atoms with van der Waals surface area (Å²) in [6.45, 7) is 0.382. The van der Waals surface area contributed by atoms with Gasteiger partial charge in [-0.2, -0.15) is 0 Å². The molecule has 0 atom stereocenters. The van der Waals surface area contributed by atoms with Crippen LogP contribution in [0.1, 0.15) is 18.4 Å². The molecule has 0 bridgehead atoms. The second-order valence-electron chi connectivity index (χ2n) is 3.92. The molecular weight excluding hydrogens is 290 g/mol. The molecular formula is C11H16ClN3O3S. The number of carbonyl (C=O) groups is 1. The lowest BCUT2D eigenvalue weighted by atomic mass is 10.2. The van der Waals surface area contributed by atoms with Crippen molar-refractivity contribution in [3.05, 3.63) is 28.8 Å². The van der Waals surface area contributed by atoms with Crippen LogP contribution in [0.3, 0.4) is 0 Å². The van der Waals surface area contributed by atoms with Gasteiger partial charge in [-0.15, -0.1) is 0 Å². The van der Waals surface area contributed by atoms with Crippen LogP contribution in [0.5, 0.6) is 0 Å². The van der Waals surface area contributed by atoms with Crippen molar-refractivity contribution in [3.63, 3.8) is 0 Å². The van der Waals surface area contributed by atoms with Gasteiger partial charge in [0.15, 0.2) is 0 Å². The first kappa shape index (κ1) is 15.9. The molecule has 1 rings (SSSR count). The fraction of sp³-hybridized carbons (Fsp3) is 0.364. The molecule has 0 aliphatic heterocycles. The highest BCUT2D eigenvalue weighted by molar-refractivity contribution is 7.89. The maximum absolute atomic E-state index is 11.9. The van der Waals surface area contributed by atoms with Gasteiger partial charge in [-0.25, -0.2) is 13.1 Å². The molecule has 0 aliphatic rings. The zero-order chi connectivity index (χ0) is 14.5. The molecule has 0 spiro atoms. The molecule has 5 N–H and O–H groups in total. The summed E-state index contributed by atoms with van der Waals surface area (Å²) in [4.78, 5) is 10.6. The first-order chi connectivity index (χ1) is 8.86. The molecule has 1 aromatic carbocycles. The highest BCUT2D eigenvalue weighted by Gasteiger charge is 2.14. The van der Waals surface area contributed by atoms with Crippen LogP contribution in [-0.2, 0) is 21.4 Å². The van der Waals surface area contributed by atoms with E-state index in [-0.39, 0.29) is 24.4 Å². The molecule has 1 aromatic rings. The number of sulfonamides is 1. The van der Waals surface area contributed by atoms with Crippen LogP contribution < -0.4 is 16.2 Å². The highest BCUT2D eigenvalue weighted by Crippen LogP contribution is 2.20. The number of halogens is 1. The van der Waals surface area contributed by atoms with Gasteiger partial charge >= 0.3 is 0 Å². The lowest BCUT2D eigenvalue weighted by Gasteiger charge is -2.08. The van der Waals surface area contributed by atoms with Gasteiger partial charge in [-0.3, -0.25) is 4.79 Å². The van der Waals surface area contributed by atoms with Gasteiger partial charge in [0.25, 0.3) is 0 Å². The van der Waals surface area contributed by atoms with E-state index in [9.17, 15) is 13.2 Å². The number of carbonyl (C=O) groups excluding carboxylic acids is 1. The molecule has 106 valence electrons. The number of amides is 1. The van der Waals surface area contributed by atoms with Crippen LogP contribution in [0.25, 0.3) is 0 Å². The molecule has 0 saturated carbocycles. The Morgan fingerprint density at radius 1 is 1.37 bits per heavy atom. The average Bonchev–Trinajstić information content (AvgIpc) is 2.34. The van der Waals surface area contributed by atoms with Crippen molar-refractivity contribution in [2.45, 2.75) is 24.3 Å². The monoisotopic (exact) mass is 305 g/mol. The van der Waals surface area contributed by atoms with Gasteiger partial charge in [0.2, 0.25) is 15.9 Å². The summed E-state index contributed by atoms with van der Waals surface area (Å²) < 4.78 is 26.2. The summed E-state index contributed by atoms with van der Waals surface area (Å²) in [6.07, 6.45) is 0.485. The quantitative estimate of drug-likeness (QED) is 0.630. The molecule has 0 heterocycles. The van der Waals surface area contributed by atoms with Gasteiger partial charge in [0, 0.05) is 24.5 Å². The van der Waals surface area contributed by atoms with E-state index in [0.717, 1.165) is 0 Å². The minimum absolute atomic E-state index is 0.0637. The van der Waals surface area contributed by atoms with E-state index in [2.05, 4.69) is 4.72 Å². The summed E-state index contributed by atoms with van der Waals surface area (Å²) in [5.41, 5.74) is 11.1. The second kappa shape index (κ2) is 6.85. The number of primary amides is 1. The second-order valence-corrected chi connectivity index (χ2v) is 6.10. The Kier molecular flexibility index (Phi) is 5.74. The third-order valence-electron chi connectivity index (χ3n) is 2.45. The van der Waals surface area contributed by atoms with Crippen LogP contribution in [0.4, 0.5) is 0 Å². The van der Waals surface area contributed by atoms with Crippen LogP contribution in [0.15, 0.2) is 23.1 Å². The Labute approximate surface area is 117 Å². The van der Waals surface area contributed by atoms with Crippen LogP contribution >= 0.6 is 11.6 Å². The van der Waals surface area contributed by atoms with E-state index in [0.29, 0.717) is 17.0 Å². The Balaban J connectivity index is 2.72. The number of hydrogen-bond acceptors (Lipinski definition) is 4. The minimum atomic E-state index is -3.63. The highest BCUT2D eigenvalue weighted by atomic mass is 35.5. The number of nitrogens with two attached hydrogens (primary N) is 2. The topological polar surface area (TPSA) is 115 Å². The third-order valence-corrected chi connectivity index (χ3v) is 4.26. The largest absolute Gasteiger partial charge is 0.370 e. The zero-order valence-electron chi connectivity index (χ0n) is 10.2. The smallest absolute Gasteiger partial charge is 0.240 e. The van der Waals surface area contributed by atoms with Gasteiger partial charge in [0.1, 0.15) is 0 Å². The maximum Gasteiger partial charge on any atom is 0.240 e. The fourth-order valence-corrected chi connectivity index (χ4v) is 2.84. The first-order valence-corrected chi connectivity index (χ1v) is 7.49. The molecule has 6 nitrogen and oxygen atoms in total. The van der Waals surface area contributed by atoms with Gasteiger partial charge in [-0.1, -0.05) is 17.7 Å². The molecule has 0 aromatic heterocycles. The van der Waals surface area contributed by atoms with Crippen molar-refractivity contribution in [2.24, 2.45) is 11.5 Å². The molecule has 0 saturated heterocycles. The normalized spacial score (nSPS) is 11.5. The summed E-state index contributed by atoms with van der Waals surface area (Å²) in [7, 11) is -3.63. The van der Waals surface area contributed by atoms with Crippen molar-refractivity contribution >= 4 is 27.5 Å². The van der Waals surface area contributed by atoms with E-state index in [1.165, 1.54) is 12.1 Å². The van der Waals surface area contributed by atoms with Crippen molar-refractivity contribution < 1.29 is 13.2 Å². The van der Waals surface area contributed by atoms with Crippen molar-refractivity contribution in [3.8, 4) is 0 Å². The Bertz CT molecular complexity index is 560. The van der Waals surface area contributed by atoms with E-state index in [1.807, 2.05) is 0 Å². The minimum Gasteiger partial charge on any atom is -0.370 e. The van der Waals surface area contributed by atoms with E-state index >= 15 is 0 Å². The van der Waals surface area contributed by atoms with E-state index in [4.69, 9.17) is 23.1 Å². The van der Waals surface area contributed by atoms with E-state index in [1.54, 1.807) is 6.07 Å². The molecule has 8 heteroatoms. The lowest BCUT2D eigenvalue weighted by Crippen LogP contribution is -2.26. The van der Waals surface area contributed by atoms with Gasteiger partial charge in [0.05, 0.1) is 4.90 Å². The van der Waals surface area contributed by atoms with Crippen molar-refractivity contribution in [1.82, 2.24) is 4.72 Å². The van der Waals surface area contributed by atoms with E-state index < -0.39 is 15.9 Å². The van der Waals surface area contributed by atoms with Gasteiger partial charge in [-0.05, 0) is 24.1 Å². The van der Waals surface area contributed by atoms with Crippen LogP contribution in [-0.4, -0.2) is 20.9 Å². The van der Waals surface area contributed by atoms with Crippen LogP contribution in [0.2, 0.25) is 5.02 Å². The standard InChI is InChI=1S/C11H16ClN3O3S/c12-10-6-9(4-3-8(10)7-13)19(17,18)15-5-1-2-11(14)16/h3-4,6,15H,1-2,5,7,13H2,(H2,14,16). The molecule has 1 amide bonds. The summed E-state index contributed by atoms with van der Waals surface area (Å²) in [5.74, 6) is -0.463. The zero-order valence-corrected chi connectivity index (χ0v) is 11.8. The Morgan fingerprint density at radius 2 is 2.05 bits per heavy atom. The number of nitrogens with one attached hydrogen (secondary N) is 1. The lowest BCUT2D eigenvalue weighted by molar-refractivity contribution is -0.118. The SMILES string of the molecule is NCc1ccc(S(=O)(=O)NCCCC(N)=O)cc1Cl. The van der Waals surface area contributed by atoms with Gasteiger partial charge < -0.3 is 11.5 Å². The maximum atomic E-state index is 11.9. The third kappa shape index (κ3) is 4.79. The predicted octanol–water partition coefficient (Wildman–Crippen LogP) is 0.342. The molecule has 0 aliphatic carbocycles.